The molecule has 1 unspecified atom stereocenters. The Hall–Kier alpha value is -2.49. The van der Waals surface area contributed by atoms with E-state index in [2.05, 4.69) is 5.32 Å². The van der Waals surface area contributed by atoms with E-state index in [1.807, 2.05) is 0 Å². The standard InChI is InChI=1S/C30H31Cl4N3O4S/c1-20(30(39)35-21-10-4-2-5-11-21)36(18-23-24(31)14-8-15-25(23)32)28(38)19-37(27-17-9-16-26(33)29(27)34)42(40,41)22-12-6-3-7-13-22/h3,6-9,12-17,20-21H,2,4-5,10-11,18-19H2,1H3,(H,35,39). The maximum Gasteiger partial charge on any atom is 0.264 e. The first-order valence-corrected chi connectivity index (χ1v) is 16.5. The van der Waals surface area contributed by atoms with Crippen molar-refractivity contribution < 1.29 is 18.0 Å². The van der Waals surface area contributed by atoms with Crippen LogP contribution in [0.4, 0.5) is 5.69 Å². The van der Waals surface area contributed by atoms with Crippen molar-refractivity contribution in [3.05, 3.63) is 92.4 Å². The quantitative estimate of drug-likeness (QED) is 0.244. The number of amides is 2. The van der Waals surface area contributed by atoms with Crippen LogP contribution in [0, 0.1) is 0 Å². The van der Waals surface area contributed by atoms with Gasteiger partial charge in [-0.2, -0.15) is 0 Å². The first kappa shape index (κ1) is 32.4. The number of hydrogen-bond acceptors (Lipinski definition) is 4. The highest BCUT2D eigenvalue weighted by Gasteiger charge is 2.34. The number of rotatable bonds is 10. The molecule has 42 heavy (non-hydrogen) atoms. The number of carbonyl (C=O) groups excluding carboxylic acids is 2. The van der Waals surface area contributed by atoms with Gasteiger partial charge in [-0.05, 0) is 56.2 Å². The summed E-state index contributed by atoms with van der Waals surface area (Å²) in [5, 5.41) is 3.77. The Morgan fingerprint density at radius 3 is 2.10 bits per heavy atom. The van der Waals surface area contributed by atoms with Crippen LogP contribution in [0.3, 0.4) is 0 Å². The van der Waals surface area contributed by atoms with Crippen LogP contribution in [0.25, 0.3) is 0 Å². The molecular weight excluding hydrogens is 640 g/mol. The number of nitrogens with zero attached hydrogens (tertiary/aromatic N) is 2. The first-order valence-electron chi connectivity index (χ1n) is 13.5. The summed E-state index contributed by atoms with van der Waals surface area (Å²) >= 11 is 25.6. The van der Waals surface area contributed by atoms with E-state index in [9.17, 15) is 18.0 Å². The lowest BCUT2D eigenvalue weighted by Gasteiger charge is -2.33. The van der Waals surface area contributed by atoms with Gasteiger partial charge in [0, 0.05) is 28.2 Å². The molecule has 12 heteroatoms. The molecule has 0 heterocycles. The number of sulfonamides is 1. The molecule has 224 valence electrons. The van der Waals surface area contributed by atoms with E-state index in [1.165, 1.54) is 29.2 Å². The molecule has 2 amide bonds. The minimum atomic E-state index is -4.29. The summed E-state index contributed by atoms with van der Waals surface area (Å²) in [5.74, 6) is -1.01. The summed E-state index contributed by atoms with van der Waals surface area (Å²) in [4.78, 5) is 28.8. The van der Waals surface area contributed by atoms with Crippen LogP contribution in [0.1, 0.15) is 44.6 Å². The van der Waals surface area contributed by atoms with Crippen molar-refractivity contribution in [1.82, 2.24) is 10.2 Å². The highest BCUT2D eigenvalue weighted by molar-refractivity contribution is 7.92. The fourth-order valence-electron chi connectivity index (χ4n) is 4.92. The molecule has 0 radical (unpaired) electrons. The third-order valence-corrected chi connectivity index (χ3v) is 10.6. The van der Waals surface area contributed by atoms with Crippen LogP contribution in [-0.4, -0.2) is 43.8 Å². The van der Waals surface area contributed by atoms with Crippen LogP contribution < -0.4 is 9.62 Å². The maximum atomic E-state index is 14.1. The van der Waals surface area contributed by atoms with E-state index in [0.717, 1.165) is 36.4 Å². The summed E-state index contributed by atoms with van der Waals surface area (Å²) < 4.78 is 28.7. The molecule has 4 rings (SSSR count). The van der Waals surface area contributed by atoms with Crippen LogP contribution in [-0.2, 0) is 26.2 Å². The van der Waals surface area contributed by atoms with E-state index in [1.54, 1.807) is 49.4 Å². The van der Waals surface area contributed by atoms with Crippen molar-refractivity contribution >= 4 is 73.9 Å². The predicted molar refractivity (Wildman–Crippen MR) is 169 cm³/mol. The molecule has 3 aromatic rings. The molecule has 1 atom stereocenters. The third-order valence-electron chi connectivity index (χ3n) is 7.32. The van der Waals surface area contributed by atoms with Gasteiger partial charge in [-0.1, -0.05) is 96.0 Å². The van der Waals surface area contributed by atoms with Crippen molar-refractivity contribution in [1.29, 1.82) is 0 Å². The fraction of sp³-hybridized carbons (Fsp3) is 0.333. The molecule has 0 aliphatic heterocycles. The summed E-state index contributed by atoms with van der Waals surface area (Å²) in [6.07, 6.45) is 4.88. The van der Waals surface area contributed by atoms with Crippen molar-refractivity contribution in [3.63, 3.8) is 0 Å². The summed E-state index contributed by atoms with van der Waals surface area (Å²) in [7, 11) is -4.29. The summed E-state index contributed by atoms with van der Waals surface area (Å²) in [6, 6.07) is 16.2. The van der Waals surface area contributed by atoms with Crippen molar-refractivity contribution in [2.24, 2.45) is 0 Å². The number of halogens is 4. The van der Waals surface area contributed by atoms with Crippen molar-refractivity contribution in [2.75, 3.05) is 10.8 Å². The van der Waals surface area contributed by atoms with Gasteiger partial charge in [-0.3, -0.25) is 13.9 Å². The molecule has 0 bridgehead atoms. The van der Waals surface area contributed by atoms with Crippen molar-refractivity contribution in [2.45, 2.75) is 62.6 Å². The van der Waals surface area contributed by atoms with E-state index in [-0.39, 0.29) is 39.1 Å². The lowest BCUT2D eigenvalue weighted by Crippen LogP contribution is -2.53. The van der Waals surface area contributed by atoms with Gasteiger partial charge in [0.15, 0.2) is 0 Å². The Kier molecular flexibility index (Phi) is 11.1. The zero-order valence-electron chi connectivity index (χ0n) is 22.9. The maximum absolute atomic E-state index is 14.1. The smallest absolute Gasteiger partial charge is 0.264 e. The number of carbonyl (C=O) groups is 2. The van der Waals surface area contributed by atoms with Gasteiger partial charge in [0.05, 0.1) is 20.6 Å². The average molecular weight is 671 g/mol. The zero-order chi connectivity index (χ0) is 30.4. The number of benzene rings is 3. The SMILES string of the molecule is CC(C(=O)NC1CCCCC1)N(Cc1c(Cl)cccc1Cl)C(=O)CN(c1cccc(Cl)c1Cl)S(=O)(=O)c1ccccc1. The zero-order valence-corrected chi connectivity index (χ0v) is 26.7. The number of nitrogens with one attached hydrogen (secondary N) is 1. The van der Waals surface area contributed by atoms with Gasteiger partial charge in [-0.25, -0.2) is 8.42 Å². The second-order valence-electron chi connectivity index (χ2n) is 10.1. The fourth-order valence-corrected chi connectivity index (χ4v) is 7.33. The van der Waals surface area contributed by atoms with Gasteiger partial charge < -0.3 is 10.2 Å². The predicted octanol–water partition coefficient (Wildman–Crippen LogP) is 7.36. The van der Waals surface area contributed by atoms with Crippen LogP contribution >= 0.6 is 46.4 Å². The number of anilines is 1. The molecule has 3 aromatic carbocycles. The van der Waals surface area contributed by atoms with Crippen molar-refractivity contribution in [3.8, 4) is 0 Å². The van der Waals surface area contributed by atoms with Gasteiger partial charge in [-0.15, -0.1) is 0 Å². The van der Waals surface area contributed by atoms with Gasteiger partial charge in [0.25, 0.3) is 10.0 Å². The summed E-state index contributed by atoms with van der Waals surface area (Å²) in [5.41, 5.74) is 0.459. The minimum Gasteiger partial charge on any atom is -0.352 e. The minimum absolute atomic E-state index is 0.00905. The van der Waals surface area contributed by atoms with Crippen LogP contribution in [0.2, 0.25) is 20.1 Å². The van der Waals surface area contributed by atoms with Crippen LogP contribution in [0.15, 0.2) is 71.6 Å². The Morgan fingerprint density at radius 1 is 0.857 bits per heavy atom. The lowest BCUT2D eigenvalue weighted by molar-refractivity contribution is -0.139. The highest BCUT2D eigenvalue weighted by Crippen LogP contribution is 2.36. The normalized spacial score (nSPS) is 14.7. The first-order chi connectivity index (χ1) is 20.0. The molecule has 1 aliphatic rings. The molecule has 1 saturated carbocycles. The molecule has 0 saturated heterocycles. The van der Waals surface area contributed by atoms with E-state index in [0.29, 0.717) is 15.6 Å². The molecular formula is C30H31Cl4N3O4S. The lowest BCUT2D eigenvalue weighted by atomic mass is 9.95. The Balaban J connectivity index is 1.73. The van der Waals surface area contributed by atoms with E-state index in [4.69, 9.17) is 46.4 Å². The van der Waals surface area contributed by atoms with Crippen LogP contribution in [0.5, 0.6) is 0 Å². The molecule has 0 spiro atoms. The Bertz CT molecular complexity index is 1510. The second-order valence-corrected chi connectivity index (χ2v) is 13.6. The molecule has 1 N–H and O–H groups in total. The van der Waals surface area contributed by atoms with Gasteiger partial charge in [0.1, 0.15) is 12.6 Å². The average Bonchev–Trinajstić information content (AvgIpc) is 2.98. The molecule has 1 fully saturated rings. The highest BCUT2D eigenvalue weighted by atomic mass is 35.5. The summed E-state index contributed by atoms with van der Waals surface area (Å²) in [6.45, 7) is 0.808. The second kappa shape index (κ2) is 14.3. The Labute approximate surface area is 266 Å². The molecule has 0 aromatic heterocycles. The van der Waals surface area contributed by atoms with Gasteiger partial charge in [0.2, 0.25) is 11.8 Å². The largest absolute Gasteiger partial charge is 0.352 e. The van der Waals surface area contributed by atoms with E-state index >= 15 is 0 Å². The topological polar surface area (TPSA) is 86.8 Å². The molecule has 7 nitrogen and oxygen atoms in total. The monoisotopic (exact) mass is 669 g/mol. The third kappa shape index (κ3) is 7.53. The van der Waals surface area contributed by atoms with Gasteiger partial charge >= 0.3 is 0 Å². The Morgan fingerprint density at radius 2 is 1.45 bits per heavy atom. The van der Waals surface area contributed by atoms with E-state index < -0.39 is 28.5 Å². The molecule has 1 aliphatic carbocycles. The number of hydrogen-bond donors (Lipinski definition) is 1.